The van der Waals surface area contributed by atoms with Crippen molar-refractivity contribution >= 4 is 0 Å². The van der Waals surface area contributed by atoms with Gasteiger partial charge in [0.05, 0.1) is 6.10 Å². The fourth-order valence-corrected chi connectivity index (χ4v) is 2.35. The van der Waals surface area contributed by atoms with Gasteiger partial charge in [0.15, 0.2) is 0 Å². The van der Waals surface area contributed by atoms with Crippen LogP contribution in [-0.4, -0.2) is 11.2 Å². The quantitative estimate of drug-likeness (QED) is 0.731. The summed E-state index contributed by atoms with van der Waals surface area (Å²) in [6, 6.07) is 6.67. The van der Waals surface area contributed by atoms with E-state index in [-0.39, 0.29) is 6.10 Å². The fourth-order valence-electron chi connectivity index (χ4n) is 2.35. The number of aliphatic hydroxyl groups excluding tert-OH is 1. The van der Waals surface area contributed by atoms with Crippen LogP contribution in [0.25, 0.3) is 0 Å². The molecule has 0 aromatic heterocycles. The van der Waals surface area contributed by atoms with Crippen molar-refractivity contribution in [3.8, 4) is 0 Å². The molecule has 0 saturated heterocycles. The molecule has 1 N–H and O–H groups in total. The maximum Gasteiger partial charge on any atom is 0.0726 e. The molecule has 0 amide bonds. The average Bonchev–Trinajstić information content (AvgIpc) is 2.49. The molecule has 1 unspecified atom stereocenters. The van der Waals surface area contributed by atoms with Crippen molar-refractivity contribution in [2.75, 3.05) is 0 Å². The second kappa shape index (κ2) is 4.19. The maximum atomic E-state index is 9.41. The van der Waals surface area contributed by atoms with Gasteiger partial charge in [0.2, 0.25) is 0 Å². The van der Waals surface area contributed by atoms with Gasteiger partial charge in [0, 0.05) is 0 Å². The number of rotatable bonds is 2. The Morgan fingerprint density at radius 2 is 1.87 bits per heavy atom. The molecule has 1 nitrogen and oxygen atoms in total. The van der Waals surface area contributed by atoms with Gasteiger partial charge >= 0.3 is 0 Å². The fraction of sp³-hybridized carbons (Fsp3) is 0.429. The number of benzene rings is 1. The highest BCUT2D eigenvalue weighted by Crippen LogP contribution is 2.23. The number of aliphatic hydroxyl groups is 1. The molecular formula is C14H18O. The molecule has 1 atom stereocenters. The molecule has 0 heterocycles. The summed E-state index contributed by atoms with van der Waals surface area (Å²) >= 11 is 0. The van der Waals surface area contributed by atoms with Crippen molar-refractivity contribution in [2.45, 2.75) is 39.2 Å². The van der Waals surface area contributed by atoms with E-state index in [1.807, 2.05) is 6.08 Å². The zero-order valence-corrected chi connectivity index (χ0v) is 9.46. The maximum absolute atomic E-state index is 9.41. The van der Waals surface area contributed by atoms with Gasteiger partial charge in [-0.05, 0) is 38.7 Å². The second-order valence-electron chi connectivity index (χ2n) is 4.60. The number of hydrogen-bond acceptors (Lipinski definition) is 1. The molecule has 1 heteroatoms. The van der Waals surface area contributed by atoms with Gasteiger partial charge in [-0.1, -0.05) is 41.0 Å². The first-order valence-electron chi connectivity index (χ1n) is 5.58. The standard InChI is InChI=1S/C14H18O/c1-10-5-11(2)7-13(6-10)8-12-3-4-14(15)9-12/h5-7,9,14-15H,3-4,8H2,1-2H3. The van der Waals surface area contributed by atoms with E-state index in [1.54, 1.807) is 0 Å². The van der Waals surface area contributed by atoms with Gasteiger partial charge in [-0.3, -0.25) is 0 Å². The molecule has 2 rings (SSSR count). The third-order valence-electron chi connectivity index (χ3n) is 2.90. The van der Waals surface area contributed by atoms with E-state index in [9.17, 15) is 5.11 Å². The zero-order valence-electron chi connectivity index (χ0n) is 9.46. The van der Waals surface area contributed by atoms with E-state index >= 15 is 0 Å². The van der Waals surface area contributed by atoms with Crippen molar-refractivity contribution in [3.63, 3.8) is 0 Å². The van der Waals surface area contributed by atoms with Crippen molar-refractivity contribution in [2.24, 2.45) is 0 Å². The largest absolute Gasteiger partial charge is 0.389 e. The van der Waals surface area contributed by atoms with Crippen molar-refractivity contribution in [3.05, 3.63) is 46.5 Å². The van der Waals surface area contributed by atoms with Gasteiger partial charge in [0.1, 0.15) is 0 Å². The molecule has 0 bridgehead atoms. The van der Waals surface area contributed by atoms with Crippen LogP contribution in [0.3, 0.4) is 0 Å². The summed E-state index contributed by atoms with van der Waals surface area (Å²) in [5.74, 6) is 0. The van der Waals surface area contributed by atoms with Crippen LogP contribution in [-0.2, 0) is 6.42 Å². The molecule has 0 radical (unpaired) electrons. The first kappa shape index (κ1) is 10.4. The molecule has 0 saturated carbocycles. The lowest BCUT2D eigenvalue weighted by Gasteiger charge is -2.05. The molecule has 1 aromatic rings. The van der Waals surface area contributed by atoms with E-state index in [0.29, 0.717) is 0 Å². The second-order valence-corrected chi connectivity index (χ2v) is 4.60. The van der Waals surface area contributed by atoms with Crippen molar-refractivity contribution in [1.82, 2.24) is 0 Å². The monoisotopic (exact) mass is 202 g/mol. The highest BCUT2D eigenvalue weighted by atomic mass is 16.3. The summed E-state index contributed by atoms with van der Waals surface area (Å²) in [5, 5.41) is 9.41. The van der Waals surface area contributed by atoms with Crippen LogP contribution in [0, 0.1) is 13.8 Å². The summed E-state index contributed by atoms with van der Waals surface area (Å²) in [7, 11) is 0. The predicted molar refractivity (Wildman–Crippen MR) is 62.9 cm³/mol. The van der Waals surface area contributed by atoms with Crippen LogP contribution in [0.1, 0.15) is 29.5 Å². The Balaban J connectivity index is 2.14. The third kappa shape index (κ3) is 2.69. The van der Waals surface area contributed by atoms with Crippen molar-refractivity contribution in [1.29, 1.82) is 0 Å². The highest BCUT2D eigenvalue weighted by Gasteiger charge is 2.12. The molecule has 1 aliphatic carbocycles. The first-order chi connectivity index (χ1) is 7.13. The minimum atomic E-state index is -0.203. The minimum absolute atomic E-state index is 0.203. The van der Waals surface area contributed by atoms with Gasteiger partial charge in [-0.25, -0.2) is 0 Å². The van der Waals surface area contributed by atoms with E-state index < -0.39 is 0 Å². The SMILES string of the molecule is Cc1cc(C)cc(CC2=CC(O)CC2)c1. The molecule has 0 fully saturated rings. The van der Waals surface area contributed by atoms with Crippen molar-refractivity contribution < 1.29 is 5.11 Å². The van der Waals surface area contributed by atoms with Crippen LogP contribution in [0.5, 0.6) is 0 Å². The van der Waals surface area contributed by atoms with E-state index in [1.165, 1.54) is 22.3 Å². The molecule has 15 heavy (non-hydrogen) atoms. The Morgan fingerprint density at radius 3 is 2.40 bits per heavy atom. The van der Waals surface area contributed by atoms with Crippen LogP contribution in [0.4, 0.5) is 0 Å². The Hall–Kier alpha value is -1.08. The number of allylic oxidation sites excluding steroid dienone is 1. The summed E-state index contributed by atoms with van der Waals surface area (Å²) in [6.07, 6.45) is 4.76. The summed E-state index contributed by atoms with van der Waals surface area (Å²) in [5.41, 5.74) is 5.40. The summed E-state index contributed by atoms with van der Waals surface area (Å²) in [4.78, 5) is 0. The Labute approximate surface area is 91.4 Å². The number of aryl methyl sites for hydroxylation is 2. The van der Waals surface area contributed by atoms with Gasteiger partial charge in [-0.2, -0.15) is 0 Å². The lowest BCUT2D eigenvalue weighted by molar-refractivity contribution is 0.223. The molecule has 80 valence electrons. The number of hydrogen-bond donors (Lipinski definition) is 1. The van der Waals surface area contributed by atoms with Crippen LogP contribution in [0.15, 0.2) is 29.8 Å². The Morgan fingerprint density at radius 1 is 1.20 bits per heavy atom. The molecular weight excluding hydrogens is 184 g/mol. The summed E-state index contributed by atoms with van der Waals surface area (Å²) in [6.45, 7) is 4.27. The van der Waals surface area contributed by atoms with Crippen LogP contribution < -0.4 is 0 Å². The van der Waals surface area contributed by atoms with E-state index in [4.69, 9.17) is 0 Å². The zero-order chi connectivity index (χ0) is 10.8. The van der Waals surface area contributed by atoms with Gasteiger partial charge in [0.25, 0.3) is 0 Å². The predicted octanol–water partition coefficient (Wildman–Crippen LogP) is 2.93. The molecule has 1 aromatic carbocycles. The van der Waals surface area contributed by atoms with Crippen LogP contribution in [0.2, 0.25) is 0 Å². The van der Waals surface area contributed by atoms with Gasteiger partial charge < -0.3 is 5.11 Å². The topological polar surface area (TPSA) is 20.2 Å². The van der Waals surface area contributed by atoms with Gasteiger partial charge in [-0.15, -0.1) is 0 Å². The van der Waals surface area contributed by atoms with E-state index in [2.05, 4.69) is 32.0 Å². The molecule has 1 aliphatic rings. The highest BCUT2D eigenvalue weighted by molar-refractivity contribution is 5.32. The Bertz CT molecular complexity index is 370. The molecule has 0 aliphatic heterocycles. The Kier molecular flexibility index (Phi) is 2.92. The van der Waals surface area contributed by atoms with E-state index in [0.717, 1.165) is 19.3 Å². The molecule has 0 spiro atoms. The minimum Gasteiger partial charge on any atom is -0.389 e. The lowest BCUT2D eigenvalue weighted by Crippen LogP contribution is -1.93. The van der Waals surface area contributed by atoms with Crippen LogP contribution >= 0.6 is 0 Å². The normalized spacial score (nSPS) is 20.5. The smallest absolute Gasteiger partial charge is 0.0726 e. The lowest BCUT2D eigenvalue weighted by atomic mass is 10.0. The third-order valence-corrected chi connectivity index (χ3v) is 2.90. The average molecular weight is 202 g/mol. The first-order valence-corrected chi connectivity index (χ1v) is 5.58. The summed E-state index contributed by atoms with van der Waals surface area (Å²) < 4.78 is 0.